The van der Waals surface area contributed by atoms with E-state index in [0.29, 0.717) is 0 Å². The average Bonchev–Trinajstić information content (AvgIpc) is 2.96. The second-order valence-corrected chi connectivity index (χ2v) is 7.76. The monoisotopic (exact) mass is 339 g/mol. The summed E-state index contributed by atoms with van der Waals surface area (Å²) in [6, 6.07) is 2.14. The molecule has 23 heavy (non-hydrogen) atoms. The van der Waals surface area contributed by atoms with Crippen LogP contribution in [0, 0.1) is 0 Å². The molecule has 1 aliphatic carbocycles. The number of aliphatic hydroxyl groups excluding tert-OH is 1. The van der Waals surface area contributed by atoms with Gasteiger partial charge in [-0.1, -0.05) is 0 Å². The van der Waals surface area contributed by atoms with Crippen LogP contribution in [0.5, 0.6) is 0 Å². The number of aromatic nitrogens is 3. The van der Waals surface area contributed by atoms with Crippen LogP contribution in [0.25, 0.3) is 11.0 Å². The Kier molecular flexibility index (Phi) is 4.51. The van der Waals surface area contributed by atoms with Gasteiger partial charge in [0, 0.05) is 31.9 Å². The van der Waals surface area contributed by atoms with E-state index in [1.165, 1.54) is 6.33 Å². The van der Waals surface area contributed by atoms with E-state index in [2.05, 4.69) is 24.6 Å². The molecular weight excluding hydrogens is 318 g/mol. The van der Waals surface area contributed by atoms with Crippen LogP contribution in [0.1, 0.15) is 19.3 Å². The summed E-state index contributed by atoms with van der Waals surface area (Å²) in [6.45, 7) is -0.114. The van der Waals surface area contributed by atoms with Crippen LogP contribution >= 0.6 is 0 Å². The van der Waals surface area contributed by atoms with Crippen molar-refractivity contribution in [1.29, 1.82) is 0 Å². The van der Waals surface area contributed by atoms with E-state index >= 15 is 0 Å². The smallest absolute Gasteiger partial charge is 0.211 e. The Morgan fingerprint density at radius 1 is 1.43 bits per heavy atom. The van der Waals surface area contributed by atoms with Gasteiger partial charge >= 0.3 is 0 Å². The molecule has 3 rings (SSSR count). The summed E-state index contributed by atoms with van der Waals surface area (Å²) in [5.41, 5.74) is 0.794. The molecule has 0 atom stereocenters. The molecule has 126 valence electrons. The maximum Gasteiger partial charge on any atom is 0.211 e. The van der Waals surface area contributed by atoms with Crippen LogP contribution in [-0.4, -0.2) is 60.0 Å². The van der Waals surface area contributed by atoms with Crippen molar-refractivity contribution in [2.24, 2.45) is 0 Å². The van der Waals surface area contributed by atoms with Crippen molar-refractivity contribution < 1.29 is 13.5 Å². The highest BCUT2D eigenvalue weighted by Crippen LogP contribution is 2.31. The van der Waals surface area contributed by atoms with E-state index in [4.69, 9.17) is 5.11 Å². The summed E-state index contributed by atoms with van der Waals surface area (Å²) >= 11 is 0. The summed E-state index contributed by atoms with van der Waals surface area (Å²) in [7, 11) is -1.33. The first kappa shape index (κ1) is 16.2. The predicted octanol–water partition coefficient (Wildman–Crippen LogP) is 0.227. The molecule has 0 spiro atoms. The lowest BCUT2D eigenvalue weighted by atomic mass is 9.86. The molecule has 3 N–H and O–H groups in total. The van der Waals surface area contributed by atoms with Crippen molar-refractivity contribution in [3.8, 4) is 0 Å². The van der Waals surface area contributed by atoms with Gasteiger partial charge in [-0.25, -0.2) is 23.1 Å². The second-order valence-electron chi connectivity index (χ2n) is 5.88. The molecule has 0 unspecified atom stereocenters. The molecule has 0 radical (unpaired) electrons. The van der Waals surface area contributed by atoms with Crippen molar-refractivity contribution >= 4 is 26.9 Å². The molecule has 8 nitrogen and oxygen atoms in total. The number of anilines is 1. The van der Waals surface area contributed by atoms with Crippen molar-refractivity contribution in [3.05, 3.63) is 18.6 Å². The van der Waals surface area contributed by atoms with Gasteiger partial charge in [-0.15, -0.1) is 0 Å². The molecule has 1 aliphatic rings. The van der Waals surface area contributed by atoms with Crippen LogP contribution in [0.3, 0.4) is 0 Å². The van der Waals surface area contributed by atoms with E-state index in [1.807, 2.05) is 19.3 Å². The van der Waals surface area contributed by atoms with Gasteiger partial charge in [0.25, 0.3) is 0 Å². The lowest BCUT2D eigenvalue weighted by Gasteiger charge is -2.41. The normalized spacial score (nSPS) is 21.3. The summed E-state index contributed by atoms with van der Waals surface area (Å²) in [5, 5.41) is 9.69. The predicted molar refractivity (Wildman–Crippen MR) is 87.7 cm³/mol. The standard InChI is InChI=1S/C14H21N5O3S/c1-19(14-12-3-4-15-13(12)16-9-17-14)11-7-10(8-11)18-23(21,22)6-2-5-20/h3-4,9-11,18,20H,2,5-8H2,1H3,(H,15,16,17)/t10-,11+. The number of hydrogen-bond donors (Lipinski definition) is 3. The zero-order chi connectivity index (χ0) is 16.4. The molecule has 0 aromatic carbocycles. The van der Waals surface area contributed by atoms with E-state index in [9.17, 15) is 8.42 Å². The average molecular weight is 339 g/mol. The highest BCUT2D eigenvalue weighted by Gasteiger charge is 2.35. The number of aliphatic hydroxyl groups is 1. The number of fused-ring (bicyclic) bond motifs is 1. The first-order chi connectivity index (χ1) is 11.0. The SMILES string of the molecule is CN(c1ncnc2[nH]ccc12)[C@H]1C[C@@H](NS(=O)(=O)CCCO)C1. The van der Waals surface area contributed by atoms with Crippen LogP contribution in [0.4, 0.5) is 5.82 Å². The Balaban J connectivity index is 1.60. The number of rotatable bonds is 7. The molecule has 0 bridgehead atoms. The summed E-state index contributed by atoms with van der Waals surface area (Å²) in [4.78, 5) is 13.7. The fourth-order valence-electron chi connectivity index (χ4n) is 2.88. The van der Waals surface area contributed by atoms with E-state index < -0.39 is 10.0 Å². The lowest BCUT2D eigenvalue weighted by molar-refractivity contribution is 0.293. The Bertz CT molecular complexity index is 770. The fraction of sp³-hybridized carbons (Fsp3) is 0.571. The van der Waals surface area contributed by atoms with Gasteiger partial charge in [0.1, 0.15) is 17.8 Å². The summed E-state index contributed by atoms with van der Waals surface area (Å²) < 4.78 is 26.3. The van der Waals surface area contributed by atoms with E-state index in [-0.39, 0.29) is 30.9 Å². The van der Waals surface area contributed by atoms with Crippen molar-refractivity contribution in [2.75, 3.05) is 24.3 Å². The van der Waals surface area contributed by atoms with Crippen LogP contribution in [0.15, 0.2) is 18.6 Å². The maximum absolute atomic E-state index is 11.8. The largest absolute Gasteiger partial charge is 0.396 e. The molecule has 9 heteroatoms. The van der Waals surface area contributed by atoms with Gasteiger partial charge in [-0.3, -0.25) is 0 Å². The van der Waals surface area contributed by atoms with Crippen molar-refractivity contribution in [1.82, 2.24) is 19.7 Å². The van der Waals surface area contributed by atoms with Crippen LogP contribution in [-0.2, 0) is 10.0 Å². The van der Waals surface area contributed by atoms with E-state index in [1.54, 1.807) is 0 Å². The minimum Gasteiger partial charge on any atom is -0.396 e. The molecule has 0 amide bonds. The van der Waals surface area contributed by atoms with Crippen molar-refractivity contribution in [3.63, 3.8) is 0 Å². The maximum atomic E-state index is 11.8. The summed E-state index contributed by atoms with van der Waals surface area (Å²) in [6.07, 6.45) is 5.10. The topological polar surface area (TPSA) is 111 Å². The number of sulfonamides is 1. The third kappa shape index (κ3) is 3.46. The minimum atomic E-state index is -3.30. The number of nitrogens with one attached hydrogen (secondary N) is 2. The second kappa shape index (κ2) is 6.42. The molecule has 0 saturated heterocycles. The molecule has 2 aromatic heterocycles. The minimum absolute atomic E-state index is 0.0314. The molecule has 1 saturated carbocycles. The zero-order valence-electron chi connectivity index (χ0n) is 12.9. The Hall–Kier alpha value is -1.71. The van der Waals surface area contributed by atoms with E-state index in [0.717, 1.165) is 29.7 Å². The molecule has 2 aromatic rings. The van der Waals surface area contributed by atoms with Crippen LogP contribution in [0.2, 0.25) is 0 Å². The van der Waals surface area contributed by atoms with Gasteiger partial charge in [0.2, 0.25) is 10.0 Å². The lowest BCUT2D eigenvalue weighted by Crippen LogP contribution is -2.53. The third-order valence-electron chi connectivity index (χ3n) is 4.25. The number of aromatic amines is 1. The van der Waals surface area contributed by atoms with Crippen molar-refractivity contribution in [2.45, 2.75) is 31.3 Å². The van der Waals surface area contributed by atoms with Gasteiger partial charge in [0.15, 0.2) is 0 Å². The van der Waals surface area contributed by atoms with Gasteiger partial charge < -0.3 is 15.0 Å². The highest BCUT2D eigenvalue weighted by atomic mass is 32.2. The third-order valence-corrected chi connectivity index (χ3v) is 5.76. The Labute approximate surface area is 135 Å². The van der Waals surface area contributed by atoms with Crippen LogP contribution < -0.4 is 9.62 Å². The molecule has 0 aliphatic heterocycles. The zero-order valence-corrected chi connectivity index (χ0v) is 13.8. The number of H-pyrrole nitrogens is 1. The first-order valence-electron chi connectivity index (χ1n) is 7.62. The molecule has 1 fully saturated rings. The van der Waals surface area contributed by atoms with Gasteiger partial charge in [-0.2, -0.15) is 0 Å². The summed E-state index contributed by atoms with van der Waals surface area (Å²) in [5.74, 6) is 0.818. The van der Waals surface area contributed by atoms with Gasteiger partial charge in [-0.05, 0) is 25.3 Å². The number of hydrogen-bond acceptors (Lipinski definition) is 6. The fourth-order valence-corrected chi connectivity index (χ4v) is 4.21. The van der Waals surface area contributed by atoms with Gasteiger partial charge in [0.05, 0.1) is 11.1 Å². The molecular formula is C14H21N5O3S. The highest BCUT2D eigenvalue weighted by molar-refractivity contribution is 7.89. The Morgan fingerprint density at radius 3 is 2.96 bits per heavy atom. The Morgan fingerprint density at radius 2 is 2.22 bits per heavy atom. The number of nitrogens with zero attached hydrogens (tertiary/aromatic N) is 3. The first-order valence-corrected chi connectivity index (χ1v) is 9.27. The molecule has 2 heterocycles. The quantitative estimate of drug-likeness (QED) is 0.666.